The number of urea groups is 1. The van der Waals surface area contributed by atoms with Crippen LogP contribution in [0.4, 0.5) is 10.5 Å². The lowest BCUT2D eigenvalue weighted by atomic mass is 10.00. The predicted octanol–water partition coefficient (Wildman–Crippen LogP) is 3.99. The number of hydrogen-bond donors (Lipinski definition) is 2. The molecule has 0 saturated heterocycles. The summed E-state index contributed by atoms with van der Waals surface area (Å²) >= 11 is 0. The maximum atomic E-state index is 12.3. The smallest absolute Gasteiger partial charge is 0.319 e. The number of aromatic nitrogens is 1. The van der Waals surface area contributed by atoms with Crippen molar-refractivity contribution >= 4 is 11.7 Å². The van der Waals surface area contributed by atoms with Gasteiger partial charge in [-0.3, -0.25) is 4.98 Å². The summed E-state index contributed by atoms with van der Waals surface area (Å²) in [5, 5.41) is 5.87. The molecule has 2 amide bonds. The Kier molecular flexibility index (Phi) is 4.64. The first-order valence-corrected chi connectivity index (χ1v) is 7.40. The second-order valence-electron chi connectivity index (χ2n) is 5.09. The van der Waals surface area contributed by atoms with Crippen molar-refractivity contribution in [3.8, 4) is 0 Å². The van der Waals surface area contributed by atoms with Gasteiger partial charge in [0.2, 0.25) is 0 Å². The van der Waals surface area contributed by atoms with Gasteiger partial charge in [0.25, 0.3) is 0 Å². The van der Waals surface area contributed by atoms with Crippen molar-refractivity contribution in [2.75, 3.05) is 5.32 Å². The number of pyridine rings is 1. The summed E-state index contributed by atoms with van der Waals surface area (Å²) in [7, 11) is 0. The predicted molar refractivity (Wildman–Crippen MR) is 91.1 cm³/mol. The number of amides is 2. The first kappa shape index (κ1) is 14.8. The van der Waals surface area contributed by atoms with Crippen molar-refractivity contribution in [2.45, 2.75) is 6.04 Å². The molecule has 0 spiro atoms. The zero-order valence-corrected chi connectivity index (χ0v) is 12.5. The number of nitrogens with one attached hydrogen (secondary N) is 2. The van der Waals surface area contributed by atoms with E-state index in [0.717, 1.165) is 16.8 Å². The molecule has 0 bridgehead atoms. The number of carbonyl (C=O) groups is 1. The molecule has 4 nitrogen and oxygen atoms in total. The second-order valence-corrected chi connectivity index (χ2v) is 5.09. The number of rotatable bonds is 4. The first-order chi connectivity index (χ1) is 11.3. The van der Waals surface area contributed by atoms with Crippen molar-refractivity contribution in [3.05, 3.63) is 96.3 Å². The number of hydrogen-bond acceptors (Lipinski definition) is 2. The van der Waals surface area contributed by atoms with Crippen molar-refractivity contribution in [2.24, 2.45) is 0 Å². The highest BCUT2D eigenvalue weighted by atomic mass is 16.2. The van der Waals surface area contributed by atoms with Crippen LogP contribution in [0.25, 0.3) is 0 Å². The van der Waals surface area contributed by atoms with E-state index in [1.54, 1.807) is 12.4 Å². The van der Waals surface area contributed by atoms with Gasteiger partial charge in [0.15, 0.2) is 0 Å². The van der Waals surface area contributed by atoms with Crippen LogP contribution in [0.2, 0.25) is 0 Å². The third kappa shape index (κ3) is 3.95. The van der Waals surface area contributed by atoms with E-state index in [2.05, 4.69) is 15.6 Å². The summed E-state index contributed by atoms with van der Waals surface area (Å²) in [5.41, 5.74) is 2.75. The summed E-state index contributed by atoms with van der Waals surface area (Å²) < 4.78 is 0. The van der Waals surface area contributed by atoms with Crippen LogP contribution in [0.1, 0.15) is 17.2 Å². The molecule has 1 aromatic heterocycles. The van der Waals surface area contributed by atoms with Gasteiger partial charge in [-0.2, -0.15) is 0 Å². The van der Waals surface area contributed by atoms with Gasteiger partial charge in [-0.25, -0.2) is 4.79 Å². The SMILES string of the molecule is O=C(Nc1ccccc1)N[C@H](c1ccccc1)c1ccncc1. The van der Waals surface area contributed by atoms with Gasteiger partial charge in [0, 0.05) is 18.1 Å². The van der Waals surface area contributed by atoms with E-state index in [-0.39, 0.29) is 12.1 Å². The third-order valence-corrected chi connectivity index (χ3v) is 3.48. The van der Waals surface area contributed by atoms with E-state index in [4.69, 9.17) is 0 Å². The minimum absolute atomic E-state index is 0.233. The van der Waals surface area contributed by atoms with Gasteiger partial charge in [0.05, 0.1) is 6.04 Å². The summed E-state index contributed by atoms with van der Waals surface area (Å²) in [5.74, 6) is 0. The minimum atomic E-state index is -0.248. The van der Waals surface area contributed by atoms with Crippen LogP contribution in [0.3, 0.4) is 0 Å². The maximum absolute atomic E-state index is 12.3. The molecule has 1 atom stereocenters. The van der Waals surface area contributed by atoms with E-state index >= 15 is 0 Å². The van der Waals surface area contributed by atoms with Crippen LogP contribution in [0.5, 0.6) is 0 Å². The van der Waals surface area contributed by atoms with Crippen LogP contribution >= 0.6 is 0 Å². The number of benzene rings is 2. The summed E-state index contributed by atoms with van der Waals surface area (Å²) in [6.45, 7) is 0. The molecule has 2 aromatic carbocycles. The van der Waals surface area contributed by atoms with Crippen molar-refractivity contribution in [3.63, 3.8) is 0 Å². The molecule has 0 aliphatic rings. The molecular formula is C19H17N3O. The Morgan fingerprint density at radius 2 is 1.35 bits per heavy atom. The monoisotopic (exact) mass is 303 g/mol. The fourth-order valence-electron chi connectivity index (χ4n) is 2.38. The molecular weight excluding hydrogens is 286 g/mol. The van der Waals surface area contributed by atoms with Gasteiger partial charge in [-0.15, -0.1) is 0 Å². The molecule has 114 valence electrons. The molecule has 0 fully saturated rings. The lowest BCUT2D eigenvalue weighted by Crippen LogP contribution is -2.33. The average Bonchev–Trinajstić information content (AvgIpc) is 2.62. The van der Waals surface area contributed by atoms with Crippen molar-refractivity contribution in [1.29, 1.82) is 0 Å². The fourth-order valence-corrected chi connectivity index (χ4v) is 2.38. The van der Waals surface area contributed by atoms with Gasteiger partial charge >= 0.3 is 6.03 Å². The number of para-hydroxylation sites is 1. The van der Waals surface area contributed by atoms with Crippen molar-refractivity contribution in [1.82, 2.24) is 10.3 Å². The van der Waals surface area contributed by atoms with Gasteiger partial charge in [0.1, 0.15) is 0 Å². The largest absolute Gasteiger partial charge is 0.327 e. The zero-order valence-electron chi connectivity index (χ0n) is 12.5. The average molecular weight is 303 g/mol. The van der Waals surface area contributed by atoms with Gasteiger partial charge < -0.3 is 10.6 Å². The summed E-state index contributed by atoms with van der Waals surface area (Å²) in [6.07, 6.45) is 3.45. The quantitative estimate of drug-likeness (QED) is 0.765. The normalized spacial score (nSPS) is 11.5. The Hall–Kier alpha value is -3.14. The van der Waals surface area contributed by atoms with Crippen LogP contribution < -0.4 is 10.6 Å². The Labute approximate surface area is 135 Å². The van der Waals surface area contributed by atoms with E-state index in [1.807, 2.05) is 72.8 Å². The van der Waals surface area contributed by atoms with E-state index in [1.165, 1.54) is 0 Å². The Bertz CT molecular complexity index is 706. The Balaban J connectivity index is 1.81. The second kappa shape index (κ2) is 7.22. The number of nitrogens with zero attached hydrogens (tertiary/aromatic N) is 1. The van der Waals surface area contributed by atoms with Crippen LogP contribution in [-0.4, -0.2) is 11.0 Å². The summed E-state index contributed by atoms with van der Waals surface area (Å²) in [6, 6.07) is 22.6. The molecule has 0 aliphatic heterocycles. The molecule has 3 rings (SSSR count). The molecule has 2 N–H and O–H groups in total. The molecule has 3 aromatic rings. The first-order valence-electron chi connectivity index (χ1n) is 7.40. The number of anilines is 1. The molecule has 4 heteroatoms. The molecule has 0 radical (unpaired) electrons. The standard InChI is InChI=1S/C19H17N3O/c23-19(21-17-9-5-2-6-10-17)22-18(15-7-3-1-4-8-15)16-11-13-20-14-12-16/h1-14,18H,(H2,21,22,23)/t18-/m1/s1. The number of carbonyl (C=O) groups excluding carboxylic acids is 1. The van der Waals surface area contributed by atoms with E-state index in [9.17, 15) is 4.79 Å². The Morgan fingerprint density at radius 1 is 0.783 bits per heavy atom. The molecule has 1 heterocycles. The zero-order chi connectivity index (χ0) is 15.9. The topological polar surface area (TPSA) is 54.0 Å². The minimum Gasteiger partial charge on any atom is -0.327 e. The third-order valence-electron chi connectivity index (χ3n) is 3.48. The van der Waals surface area contributed by atoms with Crippen LogP contribution in [-0.2, 0) is 0 Å². The van der Waals surface area contributed by atoms with E-state index < -0.39 is 0 Å². The van der Waals surface area contributed by atoms with Crippen LogP contribution in [0, 0.1) is 0 Å². The molecule has 0 unspecified atom stereocenters. The fraction of sp³-hybridized carbons (Fsp3) is 0.0526. The lowest BCUT2D eigenvalue weighted by Gasteiger charge is -2.20. The van der Waals surface area contributed by atoms with Crippen LogP contribution in [0.15, 0.2) is 85.2 Å². The highest BCUT2D eigenvalue weighted by Crippen LogP contribution is 2.21. The van der Waals surface area contributed by atoms with Crippen molar-refractivity contribution < 1.29 is 4.79 Å². The summed E-state index contributed by atoms with van der Waals surface area (Å²) in [4.78, 5) is 16.4. The molecule has 23 heavy (non-hydrogen) atoms. The lowest BCUT2D eigenvalue weighted by molar-refractivity contribution is 0.250. The highest BCUT2D eigenvalue weighted by Gasteiger charge is 2.16. The van der Waals surface area contributed by atoms with E-state index in [0.29, 0.717) is 0 Å². The van der Waals surface area contributed by atoms with Gasteiger partial charge in [-0.1, -0.05) is 48.5 Å². The molecule has 0 saturated carbocycles. The maximum Gasteiger partial charge on any atom is 0.319 e. The highest BCUT2D eigenvalue weighted by molar-refractivity contribution is 5.89. The molecule has 0 aliphatic carbocycles. The van der Waals surface area contributed by atoms with Gasteiger partial charge in [-0.05, 0) is 35.4 Å². The Morgan fingerprint density at radius 3 is 2.00 bits per heavy atom.